The molecule has 0 aliphatic rings. The van der Waals surface area contributed by atoms with Crippen LogP contribution in [0, 0.1) is 0 Å². The van der Waals surface area contributed by atoms with Crippen LogP contribution >= 0.6 is 0 Å². The smallest absolute Gasteiger partial charge is 0.339 e. The van der Waals surface area contributed by atoms with Crippen LogP contribution in [0.3, 0.4) is 0 Å². The van der Waals surface area contributed by atoms with Crippen LogP contribution in [0.4, 0.5) is 5.69 Å². The molecule has 0 atom stereocenters. The summed E-state index contributed by atoms with van der Waals surface area (Å²) in [5.41, 5.74) is 1.33. The molecule has 0 bridgehead atoms. The van der Waals surface area contributed by atoms with Gasteiger partial charge < -0.3 is 24.3 Å². The monoisotopic (exact) mass is 413 g/mol. The first-order valence-electron chi connectivity index (χ1n) is 8.87. The number of amides is 1. The minimum Gasteiger partial charge on any atom is -0.493 e. The molecular formula is C22H23NO7. The topological polar surface area (TPSA) is 100 Å². The molecule has 0 spiro atoms. The number of methoxy groups -OCH3 is 4. The molecule has 0 aliphatic carbocycles. The number of anilines is 1. The van der Waals surface area contributed by atoms with Gasteiger partial charge in [-0.2, -0.15) is 0 Å². The summed E-state index contributed by atoms with van der Waals surface area (Å²) >= 11 is 0. The van der Waals surface area contributed by atoms with Crippen molar-refractivity contribution in [2.45, 2.75) is 6.42 Å². The van der Waals surface area contributed by atoms with Gasteiger partial charge in [0, 0.05) is 11.1 Å². The molecule has 30 heavy (non-hydrogen) atoms. The number of nitrogens with one attached hydrogen (secondary N) is 1. The first-order valence-corrected chi connectivity index (χ1v) is 8.87. The highest BCUT2D eigenvalue weighted by Gasteiger charge is 2.20. The molecule has 0 fully saturated rings. The van der Waals surface area contributed by atoms with Crippen LogP contribution in [0.25, 0.3) is 0 Å². The maximum atomic E-state index is 13.0. The Bertz CT molecular complexity index is 982. The molecule has 2 aromatic rings. The molecular weight excluding hydrogens is 390 g/mol. The number of hydrogen-bond acceptors (Lipinski definition) is 7. The van der Waals surface area contributed by atoms with Crippen molar-refractivity contribution in [1.29, 1.82) is 0 Å². The van der Waals surface area contributed by atoms with E-state index in [0.29, 0.717) is 23.5 Å². The summed E-state index contributed by atoms with van der Waals surface area (Å²) in [6, 6.07) is 7.29. The standard InChI is InChI=1S/C22H23NO7/c1-6-7-13-10-15(12-18(27-2)19(13)28-3)20(24)23-17-11-14(21(25)29-4)8-9-16(17)22(26)30-5/h6,8-12H,1,7H2,2-5H3,(H,23,24). The lowest BCUT2D eigenvalue weighted by Gasteiger charge is -2.15. The lowest BCUT2D eigenvalue weighted by molar-refractivity contribution is 0.0587. The number of carbonyl (C=O) groups is 3. The number of benzene rings is 2. The molecule has 8 nitrogen and oxygen atoms in total. The third-order valence-corrected chi connectivity index (χ3v) is 4.28. The van der Waals surface area contributed by atoms with Crippen LogP contribution in [0.2, 0.25) is 0 Å². The second-order valence-corrected chi connectivity index (χ2v) is 6.06. The average molecular weight is 413 g/mol. The van der Waals surface area contributed by atoms with E-state index in [1.54, 1.807) is 12.1 Å². The van der Waals surface area contributed by atoms with E-state index in [0.717, 1.165) is 0 Å². The van der Waals surface area contributed by atoms with Crippen molar-refractivity contribution in [3.63, 3.8) is 0 Å². The molecule has 0 aromatic heterocycles. The SMILES string of the molecule is C=CCc1cc(C(=O)Nc2cc(C(=O)OC)ccc2C(=O)OC)cc(OC)c1OC. The average Bonchev–Trinajstić information content (AvgIpc) is 2.77. The Morgan fingerprint density at radius 2 is 1.63 bits per heavy atom. The van der Waals surface area contributed by atoms with Crippen LogP contribution in [-0.2, 0) is 15.9 Å². The van der Waals surface area contributed by atoms with Gasteiger partial charge in [0.2, 0.25) is 0 Å². The maximum absolute atomic E-state index is 13.0. The van der Waals surface area contributed by atoms with Crippen LogP contribution in [-0.4, -0.2) is 46.3 Å². The highest BCUT2D eigenvalue weighted by Crippen LogP contribution is 2.33. The fourth-order valence-corrected chi connectivity index (χ4v) is 2.86. The van der Waals surface area contributed by atoms with Crippen molar-refractivity contribution < 1.29 is 33.3 Å². The molecule has 1 N–H and O–H groups in total. The van der Waals surface area contributed by atoms with Gasteiger partial charge in [0.15, 0.2) is 11.5 Å². The Labute approximate surface area is 174 Å². The molecule has 2 aromatic carbocycles. The van der Waals surface area contributed by atoms with E-state index in [1.807, 2.05) is 0 Å². The number of carbonyl (C=O) groups excluding carboxylic acids is 3. The number of hydrogen-bond donors (Lipinski definition) is 1. The predicted octanol–water partition coefficient (Wildman–Crippen LogP) is 3.26. The van der Waals surface area contributed by atoms with E-state index < -0.39 is 17.8 Å². The number of ether oxygens (including phenoxy) is 4. The minimum atomic E-state index is -0.665. The van der Waals surface area contributed by atoms with E-state index in [9.17, 15) is 14.4 Å². The van der Waals surface area contributed by atoms with Crippen LogP contribution in [0.1, 0.15) is 36.6 Å². The summed E-state index contributed by atoms with van der Waals surface area (Å²) in [4.78, 5) is 36.9. The third kappa shape index (κ3) is 4.78. The molecule has 0 saturated carbocycles. The molecule has 158 valence electrons. The number of allylic oxidation sites excluding steroid dienone is 1. The minimum absolute atomic E-state index is 0.0882. The van der Waals surface area contributed by atoms with Crippen molar-refractivity contribution in [2.24, 2.45) is 0 Å². The van der Waals surface area contributed by atoms with Crippen LogP contribution in [0.15, 0.2) is 43.0 Å². The van der Waals surface area contributed by atoms with Gasteiger partial charge in [-0.3, -0.25) is 4.79 Å². The third-order valence-electron chi connectivity index (χ3n) is 4.28. The van der Waals surface area contributed by atoms with Crippen LogP contribution in [0.5, 0.6) is 11.5 Å². The van der Waals surface area contributed by atoms with Gasteiger partial charge in [-0.1, -0.05) is 6.08 Å². The fraction of sp³-hybridized carbons (Fsp3) is 0.227. The summed E-state index contributed by atoms with van der Waals surface area (Å²) in [7, 11) is 5.43. The molecule has 0 saturated heterocycles. The van der Waals surface area contributed by atoms with E-state index in [4.69, 9.17) is 18.9 Å². The molecule has 0 radical (unpaired) electrons. The molecule has 1 amide bonds. The van der Waals surface area contributed by atoms with Gasteiger partial charge in [-0.15, -0.1) is 6.58 Å². The second-order valence-electron chi connectivity index (χ2n) is 6.06. The van der Waals surface area contributed by atoms with Crippen molar-refractivity contribution in [3.8, 4) is 11.5 Å². The van der Waals surface area contributed by atoms with Crippen molar-refractivity contribution in [1.82, 2.24) is 0 Å². The Hall–Kier alpha value is -3.81. The van der Waals surface area contributed by atoms with Crippen LogP contribution < -0.4 is 14.8 Å². The maximum Gasteiger partial charge on any atom is 0.339 e. The van der Waals surface area contributed by atoms with E-state index in [-0.39, 0.29) is 22.4 Å². The summed E-state index contributed by atoms with van der Waals surface area (Å²) in [5.74, 6) is -0.925. The largest absolute Gasteiger partial charge is 0.493 e. The van der Waals surface area contributed by atoms with Gasteiger partial charge >= 0.3 is 11.9 Å². The summed E-state index contributed by atoms with van der Waals surface area (Å²) < 4.78 is 20.2. The van der Waals surface area contributed by atoms with Gasteiger partial charge in [-0.05, 0) is 36.8 Å². The van der Waals surface area contributed by atoms with Gasteiger partial charge in [0.05, 0.1) is 45.3 Å². The zero-order valence-electron chi connectivity index (χ0n) is 17.2. The van der Waals surface area contributed by atoms with E-state index >= 15 is 0 Å². The zero-order chi connectivity index (χ0) is 22.3. The highest BCUT2D eigenvalue weighted by molar-refractivity contribution is 6.09. The Kier molecular flexibility index (Phi) is 7.57. The van der Waals surface area contributed by atoms with Crippen molar-refractivity contribution in [3.05, 3.63) is 65.2 Å². The molecule has 0 heterocycles. The first-order chi connectivity index (χ1) is 14.4. The first kappa shape index (κ1) is 22.5. The fourth-order valence-electron chi connectivity index (χ4n) is 2.86. The second kappa shape index (κ2) is 10.1. The Balaban J connectivity index is 2.50. The Morgan fingerprint density at radius 1 is 0.933 bits per heavy atom. The quantitative estimate of drug-likeness (QED) is 0.524. The highest BCUT2D eigenvalue weighted by atomic mass is 16.5. The number of esters is 2. The van der Waals surface area contributed by atoms with Crippen molar-refractivity contribution >= 4 is 23.5 Å². The molecule has 0 unspecified atom stereocenters. The molecule has 0 aliphatic heterocycles. The summed E-state index contributed by atoms with van der Waals surface area (Å²) in [5, 5.41) is 2.65. The van der Waals surface area contributed by atoms with Gasteiger partial charge in [0.25, 0.3) is 5.91 Å². The number of rotatable bonds is 8. The van der Waals surface area contributed by atoms with Gasteiger partial charge in [-0.25, -0.2) is 9.59 Å². The summed E-state index contributed by atoms with van der Waals surface area (Å²) in [6.07, 6.45) is 2.13. The predicted molar refractivity (Wildman–Crippen MR) is 111 cm³/mol. The normalized spacial score (nSPS) is 10.0. The van der Waals surface area contributed by atoms with E-state index in [1.165, 1.54) is 52.7 Å². The van der Waals surface area contributed by atoms with Crippen molar-refractivity contribution in [2.75, 3.05) is 33.8 Å². The lowest BCUT2D eigenvalue weighted by atomic mass is 10.0. The lowest BCUT2D eigenvalue weighted by Crippen LogP contribution is -2.17. The van der Waals surface area contributed by atoms with Gasteiger partial charge in [0.1, 0.15) is 0 Å². The molecule has 8 heteroatoms. The molecule has 2 rings (SSSR count). The summed E-state index contributed by atoms with van der Waals surface area (Å²) in [6.45, 7) is 3.71. The van der Waals surface area contributed by atoms with E-state index in [2.05, 4.69) is 11.9 Å². The zero-order valence-corrected chi connectivity index (χ0v) is 17.2. The Morgan fingerprint density at radius 3 is 2.20 bits per heavy atom.